The number of carbonyl (C=O) groups excluding carboxylic acids is 1. The molecule has 0 fully saturated rings. The maximum Gasteiger partial charge on any atom is 0.238 e. The molecule has 116 valence electrons. The Morgan fingerprint density at radius 1 is 1.14 bits per heavy atom. The first-order chi connectivity index (χ1) is 10.4. The molecule has 2 aromatic carbocycles. The molecule has 2 N–H and O–H groups in total. The molecule has 3 nitrogen and oxygen atoms in total. The highest BCUT2D eigenvalue weighted by Gasteiger charge is 2.08. The molecule has 0 aliphatic rings. The van der Waals surface area contributed by atoms with Gasteiger partial charge in [0.05, 0.1) is 6.54 Å². The van der Waals surface area contributed by atoms with Crippen molar-refractivity contribution < 1.29 is 4.79 Å². The van der Waals surface area contributed by atoms with E-state index in [9.17, 15) is 4.79 Å². The number of aryl methyl sites for hydroxylation is 2. The summed E-state index contributed by atoms with van der Waals surface area (Å²) in [6.45, 7) is 6.29. The Morgan fingerprint density at radius 3 is 2.45 bits per heavy atom. The summed E-state index contributed by atoms with van der Waals surface area (Å²) in [5.74, 6) is -0.0566. The quantitative estimate of drug-likeness (QED) is 0.866. The fraction of sp³-hybridized carbons (Fsp3) is 0.278. The minimum atomic E-state index is -0.0566. The van der Waals surface area contributed by atoms with Crippen LogP contribution in [0, 0.1) is 13.8 Å². The molecular formula is C18H21ClN2O. The number of hydrogen-bond acceptors (Lipinski definition) is 2. The highest BCUT2D eigenvalue weighted by Crippen LogP contribution is 2.17. The van der Waals surface area contributed by atoms with Gasteiger partial charge in [-0.25, -0.2) is 0 Å². The summed E-state index contributed by atoms with van der Waals surface area (Å²) < 4.78 is 0. The Labute approximate surface area is 136 Å². The second-order valence-corrected chi connectivity index (χ2v) is 6.02. The van der Waals surface area contributed by atoms with E-state index in [-0.39, 0.29) is 18.5 Å². The summed E-state index contributed by atoms with van der Waals surface area (Å²) in [6.07, 6.45) is 0. The van der Waals surface area contributed by atoms with Crippen molar-refractivity contribution in [1.29, 1.82) is 0 Å². The van der Waals surface area contributed by atoms with E-state index in [2.05, 4.69) is 16.7 Å². The number of halogens is 1. The van der Waals surface area contributed by atoms with Gasteiger partial charge >= 0.3 is 0 Å². The van der Waals surface area contributed by atoms with E-state index in [0.717, 1.165) is 22.4 Å². The molecule has 2 aromatic rings. The second kappa shape index (κ2) is 7.43. The second-order valence-electron chi connectivity index (χ2n) is 5.58. The lowest BCUT2D eigenvalue weighted by Gasteiger charge is -2.15. The molecule has 4 heteroatoms. The van der Waals surface area contributed by atoms with Gasteiger partial charge in [0.1, 0.15) is 0 Å². The van der Waals surface area contributed by atoms with Crippen LogP contribution >= 0.6 is 11.6 Å². The number of rotatable bonds is 5. The van der Waals surface area contributed by atoms with Crippen molar-refractivity contribution >= 4 is 23.2 Å². The largest absolute Gasteiger partial charge is 0.325 e. The van der Waals surface area contributed by atoms with Crippen LogP contribution < -0.4 is 10.6 Å². The van der Waals surface area contributed by atoms with Crippen molar-refractivity contribution in [2.45, 2.75) is 26.8 Å². The number of nitrogens with one attached hydrogen (secondary N) is 2. The van der Waals surface area contributed by atoms with Crippen LogP contribution in [0.2, 0.25) is 5.02 Å². The Hall–Kier alpha value is -1.84. The normalized spacial score (nSPS) is 12.0. The van der Waals surface area contributed by atoms with Gasteiger partial charge in [-0.1, -0.05) is 29.8 Å². The Morgan fingerprint density at radius 2 is 1.82 bits per heavy atom. The Kier molecular flexibility index (Phi) is 5.58. The first-order valence-electron chi connectivity index (χ1n) is 7.31. The summed E-state index contributed by atoms with van der Waals surface area (Å²) >= 11 is 5.98. The highest BCUT2D eigenvalue weighted by atomic mass is 35.5. The smallest absolute Gasteiger partial charge is 0.238 e. The standard InChI is InChI=1S/C18H21ClN2O/c1-12-7-13(2)9-17(8-12)21-18(22)11-20-14(3)15-5-4-6-16(19)10-15/h4-10,14,20H,11H2,1-3H3,(H,21,22)/t14-/m1/s1. The lowest BCUT2D eigenvalue weighted by molar-refractivity contribution is -0.115. The van der Waals surface area contributed by atoms with E-state index in [0.29, 0.717) is 5.02 Å². The topological polar surface area (TPSA) is 41.1 Å². The Bertz CT molecular complexity index is 650. The van der Waals surface area contributed by atoms with Crippen molar-refractivity contribution in [1.82, 2.24) is 5.32 Å². The molecule has 0 unspecified atom stereocenters. The van der Waals surface area contributed by atoms with Crippen LogP contribution in [0.4, 0.5) is 5.69 Å². The van der Waals surface area contributed by atoms with E-state index < -0.39 is 0 Å². The van der Waals surface area contributed by atoms with Crippen molar-refractivity contribution in [2.24, 2.45) is 0 Å². The van der Waals surface area contributed by atoms with Crippen molar-refractivity contribution in [3.8, 4) is 0 Å². The van der Waals surface area contributed by atoms with Crippen LogP contribution in [-0.2, 0) is 4.79 Å². The number of hydrogen-bond donors (Lipinski definition) is 2. The third-order valence-electron chi connectivity index (χ3n) is 3.42. The van der Waals surface area contributed by atoms with Gasteiger partial charge in [0.25, 0.3) is 0 Å². The average Bonchev–Trinajstić information content (AvgIpc) is 2.43. The van der Waals surface area contributed by atoms with E-state index >= 15 is 0 Å². The molecule has 0 heterocycles. The first kappa shape index (κ1) is 16.5. The minimum absolute atomic E-state index is 0.0566. The summed E-state index contributed by atoms with van der Waals surface area (Å²) in [5.41, 5.74) is 4.16. The van der Waals surface area contributed by atoms with Gasteiger partial charge in [0.2, 0.25) is 5.91 Å². The predicted octanol–water partition coefficient (Wildman–Crippen LogP) is 4.25. The van der Waals surface area contributed by atoms with Gasteiger partial charge in [-0.2, -0.15) is 0 Å². The molecule has 1 atom stereocenters. The van der Waals surface area contributed by atoms with Crippen LogP contribution in [0.3, 0.4) is 0 Å². The van der Waals surface area contributed by atoms with Crippen molar-refractivity contribution in [3.05, 3.63) is 64.2 Å². The van der Waals surface area contributed by atoms with E-state index in [1.54, 1.807) is 0 Å². The molecule has 0 saturated carbocycles. The maximum atomic E-state index is 12.0. The summed E-state index contributed by atoms with van der Waals surface area (Å²) in [5, 5.41) is 6.82. The summed E-state index contributed by atoms with van der Waals surface area (Å²) in [6, 6.07) is 13.7. The van der Waals surface area contributed by atoms with Crippen LogP contribution in [0.25, 0.3) is 0 Å². The molecule has 0 spiro atoms. The monoisotopic (exact) mass is 316 g/mol. The average molecular weight is 317 g/mol. The molecule has 0 aliphatic heterocycles. The van der Waals surface area contributed by atoms with Crippen LogP contribution in [0.5, 0.6) is 0 Å². The van der Waals surface area contributed by atoms with Gasteiger partial charge in [-0.05, 0) is 61.7 Å². The molecule has 0 aliphatic carbocycles. The number of amides is 1. The molecule has 0 radical (unpaired) electrons. The molecule has 0 saturated heterocycles. The Balaban J connectivity index is 1.89. The van der Waals surface area contributed by atoms with E-state index in [1.165, 1.54) is 0 Å². The number of carbonyl (C=O) groups is 1. The molecule has 0 bridgehead atoms. The summed E-state index contributed by atoms with van der Waals surface area (Å²) in [4.78, 5) is 12.0. The van der Waals surface area contributed by atoms with Crippen LogP contribution in [-0.4, -0.2) is 12.5 Å². The summed E-state index contributed by atoms with van der Waals surface area (Å²) in [7, 11) is 0. The first-order valence-corrected chi connectivity index (χ1v) is 7.69. The molecule has 0 aromatic heterocycles. The fourth-order valence-corrected chi connectivity index (χ4v) is 2.59. The van der Waals surface area contributed by atoms with Gasteiger partial charge < -0.3 is 10.6 Å². The van der Waals surface area contributed by atoms with Crippen molar-refractivity contribution in [2.75, 3.05) is 11.9 Å². The molecular weight excluding hydrogens is 296 g/mol. The number of benzene rings is 2. The zero-order valence-electron chi connectivity index (χ0n) is 13.1. The van der Waals surface area contributed by atoms with Crippen LogP contribution in [0.15, 0.2) is 42.5 Å². The van der Waals surface area contributed by atoms with Gasteiger partial charge in [0.15, 0.2) is 0 Å². The van der Waals surface area contributed by atoms with Crippen LogP contribution in [0.1, 0.15) is 29.7 Å². The zero-order chi connectivity index (χ0) is 16.1. The van der Waals surface area contributed by atoms with Gasteiger partial charge in [-0.3, -0.25) is 4.79 Å². The lowest BCUT2D eigenvalue weighted by atomic mass is 10.1. The molecule has 2 rings (SSSR count). The van der Waals surface area contributed by atoms with Gasteiger partial charge in [0, 0.05) is 16.8 Å². The maximum absolute atomic E-state index is 12.0. The predicted molar refractivity (Wildman–Crippen MR) is 92.4 cm³/mol. The zero-order valence-corrected chi connectivity index (χ0v) is 13.9. The van der Waals surface area contributed by atoms with E-state index in [4.69, 9.17) is 11.6 Å². The minimum Gasteiger partial charge on any atom is -0.325 e. The fourth-order valence-electron chi connectivity index (χ4n) is 2.39. The SMILES string of the molecule is Cc1cc(C)cc(NC(=O)CN[C@H](C)c2cccc(Cl)c2)c1. The highest BCUT2D eigenvalue weighted by molar-refractivity contribution is 6.30. The third-order valence-corrected chi connectivity index (χ3v) is 3.66. The molecule has 22 heavy (non-hydrogen) atoms. The van der Waals surface area contributed by atoms with Gasteiger partial charge in [-0.15, -0.1) is 0 Å². The van der Waals surface area contributed by atoms with Crippen molar-refractivity contribution in [3.63, 3.8) is 0 Å². The lowest BCUT2D eigenvalue weighted by Crippen LogP contribution is -2.30. The number of anilines is 1. The third kappa shape index (κ3) is 4.86. The molecule has 1 amide bonds. The van der Waals surface area contributed by atoms with E-state index in [1.807, 2.05) is 57.2 Å².